The summed E-state index contributed by atoms with van der Waals surface area (Å²) >= 11 is 0. The van der Waals surface area contributed by atoms with Crippen molar-refractivity contribution in [1.29, 1.82) is 0 Å². The zero-order valence-corrected chi connectivity index (χ0v) is 8.62. The Balaban J connectivity index is 3.02. The average molecular weight is 195 g/mol. The van der Waals surface area contributed by atoms with Crippen molar-refractivity contribution in [3.63, 3.8) is 0 Å². The number of halogens is 1. The first kappa shape index (κ1) is 10.7. The van der Waals surface area contributed by atoms with Crippen molar-refractivity contribution in [3.05, 3.63) is 41.7 Å². The Morgan fingerprint density at radius 3 is 2.71 bits per heavy atom. The molecule has 0 spiro atoms. The van der Waals surface area contributed by atoms with Crippen LogP contribution < -0.4 is 0 Å². The molecule has 0 fully saturated rings. The SMILES string of the molecule is C/C=C(/c1cccc(F)c1)N(C)OC. The Morgan fingerprint density at radius 1 is 1.50 bits per heavy atom. The fourth-order valence-electron chi connectivity index (χ4n) is 1.28. The van der Waals surface area contributed by atoms with Crippen molar-refractivity contribution in [3.8, 4) is 0 Å². The number of hydroxylamine groups is 2. The van der Waals surface area contributed by atoms with Gasteiger partial charge in [-0.15, -0.1) is 0 Å². The van der Waals surface area contributed by atoms with E-state index in [2.05, 4.69) is 0 Å². The summed E-state index contributed by atoms with van der Waals surface area (Å²) in [6.45, 7) is 1.88. The van der Waals surface area contributed by atoms with Crippen LogP contribution in [0, 0.1) is 5.82 Å². The molecular weight excluding hydrogens is 181 g/mol. The van der Waals surface area contributed by atoms with Gasteiger partial charge in [-0.2, -0.15) is 0 Å². The van der Waals surface area contributed by atoms with E-state index in [0.717, 1.165) is 11.3 Å². The number of nitrogens with zero attached hydrogens (tertiary/aromatic N) is 1. The lowest BCUT2D eigenvalue weighted by Gasteiger charge is -2.19. The van der Waals surface area contributed by atoms with Gasteiger partial charge in [0.1, 0.15) is 5.82 Å². The van der Waals surface area contributed by atoms with E-state index in [4.69, 9.17) is 4.84 Å². The molecule has 76 valence electrons. The highest BCUT2D eigenvalue weighted by molar-refractivity contribution is 5.62. The van der Waals surface area contributed by atoms with E-state index in [1.54, 1.807) is 25.3 Å². The van der Waals surface area contributed by atoms with E-state index in [1.165, 1.54) is 12.1 Å². The summed E-state index contributed by atoms with van der Waals surface area (Å²) in [6, 6.07) is 6.42. The van der Waals surface area contributed by atoms with Gasteiger partial charge in [0.15, 0.2) is 0 Å². The number of allylic oxidation sites excluding steroid dienone is 1. The monoisotopic (exact) mass is 195 g/mol. The van der Waals surface area contributed by atoms with Crippen LogP contribution in [0.4, 0.5) is 4.39 Å². The van der Waals surface area contributed by atoms with Gasteiger partial charge in [0.05, 0.1) is 12.8 Å². The molecule has 1 aromatic rings. The first-order chi connectivity index (χ1) is 6.69. The van der Waals surface area contributed by atoms with E-state index in [1.807, 2.05) is 19.1 Å². The first-order valence-electron chi connectivity index (χ1n) is 4.39. The van der Waals surface area contributed by atoms with E-state index in [-0.39, 0.29) is 5.82 Å². The Hall–Kier alpha value is -1.35. The van der Waals surface area contributed by atoms with Gasteiger partial charge in [-0.05, 0) is 19.1 Å². The second kappa shape index (κ2) is 4.77. The molecule has 2 nitrogen and oxygen atoms in total. The van der Waals surface area contributed by atoms with Crippen LogP contribution in [0.2, 0.25) is 0 Å². The van der Waals surface area contributed by atoms with E-state index < -0.39 is 0 Å². The lowest BCUT2D eigenvalue weighted by molar-refractivity contribution is -0.0528. The predicted octanol–water partition coefficient (Wildman–Crippen LogP) is 2.68. The van der Waals surface area contributed by atoms with Crippen LogP contribution >= 0.6 is 0 Å². The zero-order chi connectivity index (χ0) is 10.6. The van der Waals surface area contributed by atoms with Gasteiger partial charge in [-0.25, -0.2) is 4.39 Å². The Labute approximate surface area is 83.6 Å². The molecule has 0 aliphatic carbocycles. The molecule has 0 heterocycles. The van der Waals surface area contributed by atoms with Gasteiger partial charge in [-0.1, -0.05) is 18.2 Å². The zero-order valence-electron chi connectivity index (χ0n) is 8.62. The van der Waals surface area contributed by atoms with Gasteiger partial charge in [0.2, 0.25) is 0 Å². The standard InChI is InChI=1S/C11H14FNO/c1-4-11(13(2)14-3)9-6-5-7-10(12)8-9/h4-8H,1-3H3/b11-4-. The Morgan fingerprint density at radius 2 is 2.21 bits per heavy atom. The summed E-state index contributed by atoms with van der Waals surface area (Å²) in [4.78, 5) is 5.04. The molecule has 0 radical (unpaired) electrons. The molecule has 0 N–H and O–H groups in total. The van der Waals surface area contributed by atoms with Gasteiger partial charge in [0, 0.05) is 12.6 Å². The van der Waals surface area contributed by atoms with Crippen molar-refractivity contribution in [2.75, 3.05) is 14.2 Å². The fraction of sp³-hybridized carbons (Fsp3) is 0.273. The maximum atomic E-state index is 12.9. The molecule has 0 aliphatic heterocycles. The molecule has 0 amide bonds. The van der Waals surface area contributed by atoms with E-state index in [0.29, 0.717) is 0 Å². The molecule has 0 saturated carbocycles. The van der Waals surface area contributed by atoms with Gasteiger partial charge < -0.3 is 0 Å². The van der Waals surface area contributed by atoms with Gasteiger partial charge >= 0.3 is 0 Å². The molecule has 1 aromatic carbocycles. The highest BCUT2D eigenvalue weighted by Gasteiger charge is 2.06. The van der Waals surface area contributed by atoms with Gasteiger partial charge in [-0.3, -0.25) is 9.90 Å². The largest absolute Gasteiger partial charge is 0.277 e. The third-order valence-corrected chi connectivity index (χ3v) is 2.01. The smallest absolute Gasteiger partial charge is 0.123 e. The molecule has 0 aromatic heterocycles. The van der Waals surface area contributed by atoms with Gasteiger partial charge in [0.25, 0.3) is 0 Å². The van der Waals surface area contributed by atoms with E-state index >= 15 is 0 Å². The third-order valence-electron chi connectivity index (χ3n) is 2.01. The lowest BCUT2D eigenvalue weighted by atomic mass is 10.1. The molecule has 3 heteroatoms. The van der Waals surface area contributed by atoms with Crippen molar-refractivity contribution in [2.24, 2.45) is 0 Å². The highest BCUT2D eigenvalue weighted by Crippen LogP contribution is 2.18. The summed E-state index contributed by atoms with van der Waals surface area (Å²) < 4.78 is 12.9. The molecule has 0 bridgehead atoms. The maximum absolute atomic E-state index is 12.9. The van der Waals surface area contributed by atoms with E-state index in [9.17, 15) is 4.39 Å². The summed E-state index contributed by atoms with van der Waals surface area (Å²) in [5.74, 6) is -0.244. The van der Waals surface area contributed by atoms with Crippen LogP contribution in [0.1, 0.15) is 12.5 Å². The number of hydrogen-bond donors (Lipinski definition) is 0. The first-order valence-corrected chi connectivity index (χ1v) is 4.39. The lowest BCUT2D eigenvalue weighted by Crippen LogP contribution is -2.14. The third kappa shape index (κ3) is 2.33. The van der Waals surface area contributed by atoms with Crippen molar-refractivity contribution >= 4 is 5.70 Å². The molecule has 0 saturated heterocycles. The maximum Gasteiger partial charge on any atom is 0.123 e. The summed E-state index contributed by atoms with van der Waals surface area (Å²) in [5.41, 5.74) is 1.64. The predicted molar refractivity (Wildman–Crippen MR) is 54.8 cm³/mol. The Bertz CT molecular complexity index is 336. The van der Waals surface area contributed by atoms with Crippen LogP contribution in [0.5, 0.6) is 0 Å². The minimum Gasteiger partial charge on any atom is -0.277 e. The molecule has 0 unspecified atom stereocenters. The minimum absolute atomic E-state index is 0.244. The normalized spacial score (nSPS) is 11.6. The summed E-state index contributed by atoms with van der Waals surface area (Å²) in [6.07, 6.45) is 1.87. The van der Waals surface area contributed by atoms with Crippen LogP contribution in [0.3, 0.4) is 0 Å². The quantitative estimate of drug-likeness (QED) is 0.687. The average Bonchev–Trinajstić information content (AvgIpc) is 2.19. The number of hydrogen-bond acceptors (Lipinski definition) is 2. The molecule has 0 aliphatic rings. The fourth-order valence-corrected chi connectivity index (χ4v) is 1.28. The summed E-state index contributed by atoms with van der Waals surface area (Å²) in [5, 5.41) is 1.59. The molecule has 1 rings (SSSR count). The molecular formula is C11H14FNO. The minimum atomic E-state index is -0.244. The molecule has 0 atom stereocenters. The van der Waals surface area contributed by atoms with Crippen LogP contribution in [0.15, 0.2) is 30.3 Å². The van der Waals surface area contributed by atoms with Crippen molar-refractivity contribution < 1.29 is 9.23 Å². The van der Waals surface area contributed by atoms with Crippen LogP contribution in [0.25, 0.3) is 5.70 Å². The number of rotatable bonds is 3. The van der Waals surface area contributed by atoms with Crippen molar-refractivity contribution in [2.45, 2.75) is 6.92 Å². The summed E-state index contributed by atoms with van der Waals surface area (Å²) in [7, 11) is 3.35. The molecule has 14 heavy (non-hydrogen) atoms. The van der Waals surface area contributed by atoms with Crippen LogP contribution in [-0.4, -0.2) is 19.2 Å². The topological polar surface area (TPSA) is 12.5 Å². The van der Waals surface area contributed by atoms with Crippen LogP contribution in [-0.2, 0) is 4.84 Å². The second-order valence-corrected chi connectivity index (χ2v) is 2.86. The Kier molecular flexibility index (Phi) is 3.65. The second-order valence-electron chi connectivity index (χ2n) is 2.86. The number of benzene rings is 1. The van der Waals surface area contributed by atoms with Crippen molar-refractivity contribution in [1.82, 2.24) is 5.06 Å². The highest BCUT2D eigenvalue weighted by atomic mass is 19.1.